The molecule has 0 saturated carbocycles. The van der Waals surface area contributed by atoms with Gasteiger partial charge >= 0.3 is 0 Å². The highest BCUT2D eigenvalue weighted by Gasteiger charge is 2.06. The van der Waals surface area contributed by atoms with Gasteiger partial charge in [0, 0.05) is 29.4 Å². The minimum Gasteiger partial charge on any atom is -0.507 e. The van der Waals surface area contributed by atoms with Crippen LogP contribution in [0.4, 0.5) is 0 Å². The van der Waals surface area contributed by atoms with Crippen molar-refractivity contribution < 1.29 is 5.11 Å². The number of phenols is 1. The molecule has 3 heteroatoms. The van der Waals surface area contributed by atoms with Crippen molar-refractivity contribution in [3.8, 4) is 16.9 Å². The molecule has 0 amide bonds. The second-order valence-electron chi connectivity index (χ2n) is 4.00. The molecule has 0 radical (unpaired) electrons. The SMILES string of the molecule is CC(C)c1ncc(-c2ccccc2O)cn1. The Kier molecular flexibility index (Phi) is 2.86. The zero-order chi connectivity index (χ0) is 11.5. The normalized spacial score (nSPS) is 10.7. The maximum atomic E-state index is 9.69. The van der Waals surface area contributed by atoms with Gasteiger partial charge in [-0.05, 0) is 6.07 Å². The molecule has 1 aromatic heterocycles. The van der Waals surface area contributed by atoms with Gasteiger partial charge in [0.15, 0.2) is 0 Å². The smallest absolute Gasteiger partial charge is 0.130 e. The lowest BCUT2D eigenvalue weighted by atomic mass is 10.1. The van der Waals surface area contributed by atoms with Crippen LogP contribution in [0.5, 0.6) is 5.75 Å². The lowest BCUT2D eigenvalue weighted by Gasteiger charge is -2.06. The lowest BCUT2D eigenvalue weighted by Crippen LogP contribution is -1.96. The molecule has 16 heavy (non-hydrogen) atoms. The Labute approximate surface area is 94.8 Å². The molecular formula is C13H14N2O. The van der Waals surface area contributed by atoms with Crippen LogP contribution in [0.3, 0.4) is 0 Å². The first-order valence-corrected chi connectivity index (χ1v) is 5.29. The molecular weight excluding hydrogens is 200 g/mol. The van der Waals surface area contributed by atoms with E-state index in [2.05, 4.69) is 23.8 Å². The summed E-state index contributed by atoms with van der Waals surface area (Å²) in [6.45, 7) is 4.10. The van der Waals surface area contributed by atoms with Crippen LogP contribution in [-0.4, -0.2) is 15.1 Å². The summed E-state index contributed by atoms with van der Waals surface area (Å²) in [7, 11) is 0. The maximum Gasteiger partial charge on any atom is 0.130 e. The molecule has 1 aromatic carbocycles. The third-order valence-electron chi connectivity index (χ3n) is 2.40. The second kappa shape index (κ2) is 4.31. The summed E-state index contributed by atoms with van der Waals surface area (Å²) >= 11 is 0. The van der Waals surface area contributed by atoms with Gasteiger partial charge < -0.3 is 5.11 Å². The van der Waals surface area contributed by atoms with Gasteiger partial charge in [0.1, 0.15) is 11.6 Å². The Morgan fingerprint density at radius 3 is 2.25 bits per heavy atom. The molecule has 0 spiro atoms. The van der Waals surface area contributed by atoms with Gasteiger partial charge in [-0.2, -0.15) is 0 Å². The standard InChI is InChI=1S/C13H14N2O/c1-9(2)13-14-7-10(8-15-13)11-5-3-4-6-12(11)16/h3-9,16H,1-2H3. The molecule has 1 heterocycles. The average Bonchev–Trinajstić information content (AvgIpc) is 2.30. The number of phenolic OH excluding ortho intramolecular Hbond substituents is 1. The van der Waals surface area contributed by atoms with E-state index in [0.29, 0.717) is 5.92 Å². The summed E-state index contributed by atoms with van der Waals surface area (Å²) in [5, 5.41) is 9.69. The van der Waals surface area contributed by atoms with E-state index in [9.17, 15) is 5.11 Å². The van der Waals surface area contributed by atoms with Crippen LogP contribution in [0.2, 0.25) is 0 Å². The predicted octanol–water partition coefficient (Wildman–Crippen LogP) is 2.97. The van der Waals surface area contributed by atoms with Crippen molar-refractivity contribution >= 4 is 0 Å². The summed E-state index contributed by atoms with van der Waals surface area (Å²) < 4.78 is 0. The summed E-state index contributed by atoms with van der Waals surface area (Å²) in [5.41, 5.74) is 1.60. The lowest BCUT2D eigenvalue weighted by molar-refractivity contribution is 0.477. The molecule has 2 rings (SSSR count). The van der Waals surface area contributed by atoms with Crippen molar-refractivity contribution in [3.63, 3.8) is 0 Å². The molecule has 0 bridgehead atoms. The summed E-state index contributed by atoms with van der Waals surface area (Å²) in [6, 6.07) is 7.18. The van der Waals surface area contributed by atoms with Gasteiger partial charge in [0.25, 0.3) is 0 Å². The number of aromatic hydroxyl groups is 1. The summed E-state index contributed by atoms with van der Waals surface area (Å²) in [6.07, 6.45) is 3.49. The molecule has 0 aliphatic carbocycles. The fourth-order valence-corrected chi connectivity index (χ4v) is 1.49. The molecule has 0 atom stereocenters. The number of rotatable bonds is 2. The third-order valence-corrected chi connectivity index (χ3v) is 2.40. The quantitative estimate of drug-likeness (QED) is 0.835. The molecule has 0 aliphatic heterocycles. The number of para-hydroxylation sites is 1. The highest BCUT2D eigenvalue weighted by molar-refractivity contribution is 5.68. The maximum absolute atomic E-state index is 9.69. The zero-order valence-corrected chi connectivity index (χ0v) is 9.38. The van der Waals surface area contributed by atoms with Crippen molar-refractivity contribution in [1.82, 2.24) is 9.97 Å². The number of hydrogen-bond acceptors (Lipinski definition) is 3. The van der Waals surface area contributed by atoms with Crippen LogP contribution in [-0.2, 0) is 0 Å². The topological polar surface area (TPSA) is 46.0 Å². The highest BCUT2D eigenvalue weighted by atomic mass is 16.3. The van der Waals surface area contributed by atoms with Crippen molar-refractivity contribution in [2.45, 2.75) is 19.8 Å². The van der Waals surface area contributed by atoms with Gasteiger partial charge in [0.2, 0.25) is 0 Å². The van der Waals surface area contributed by atoms with Gasteiger partial charge in [-0.3, -0.25) is 0 Å². The van der Waals surface area contributed by atoms with Crippen LogP contribution >= 0.6 is 0 Å². The van der Waals surface area contributed by atoms with Gasteiger partial charge in [0.05, 0.1) is 0 Å². The van der Waals surface area contributed by atoms with E-state index in [1.165, 1.54) is 0 Å². The number of aromatic nitrogens is 2. The highest BCUT2D eigenvalue weighted by Crippen LogP contribution is 2.27. The van der Waals surface area contributed by atoms with Crippen molar-refractivity contribution in [2.24, 2.45) is 0 Å². The van der Waals surface area contributed by atoms with Crippen LogP contribution in [0.1, 0.15) is 25.6 Å². The number of nitrogens with zero attached hydrogens (tertiary/aromatic N) is 2. The van der Waals surface area contributed by atoms with E-state index >= 15 is 0 Å². The fourth-order valence-electron chi connectivity index (χ4n) is 1.49. The average molecular weight is 214 g/mol. The largest absolute Gasteiger partial charge is 0.507 e. The van der Waals surface area contributed by atoms with Crippen molar-refractivity contribution in [2.75, 3.05) is 0 Å². The summed E-state index contributed by atoms with van der Waals surface area (Å²) in [4.78, 5) is 8.55. The fraction of sp³-hybridized carbons (Fsp3) is 0.231. The minimum absolute atomic E-state index is 0.253. The number of benzene rings is 1. The number of hydrogen-bond donors (Lipinski definition) is 1. The van der Waals surface area contributed by atoms with E-state index < -0.39 is 0 Å². The molecule has 0 fully saturated rings. The first kappa shape index (κ1) is 10.6. The summed E-state index contributed by atoms with van der Waals surface area (Å²) in [5.74, 6) is 1.39. The van der Waals surface area contributed by atoms with Crippen LogP contribution < -0.4 is 0 Å². The van der Waals surface area contributed by atoms with Crippen LogP contribution in [0, 0.1) is 0 Å². The van der Waals surface area contributed by atoms with Gasteiger partial charge in [-0.15, -0.1) is 0 Å². The van der Waals surface area contributed by atoms with Crippen LogP contribution in [0.15, 0.2) is 36.7 Å². The monoisotopic (exact) mass is 214 g/mol. The predicted molar refractivity (Wildman–Crippen MR) is 63.2 cm³/mol. The second-order valence-corrected chi connectivity index (χ2v) is 4.00. The Hall–Kier alpha value is -1.90. The third kappa shape index (κ3) is 2.03. The Morgan fingerprint density at radius 1 is 1.06 bits per heavy atom. The van der Waals surface area contributed by atoms with E-state index in [1.54, 1.807) is 24.5 Å². The van der Waals surface area contributed by atoms with Gasteiger partial charge in [-0.25, -0.2) is 9.97 Å². The van der Waals surface area contributed by atoms with Crippen molar-refractivity contribution in [3.05, 3.63) is 42.5 Å². The van der Waals surface area contributed by atoms with Crippen molar-refractivity contribution in [1.29, 1.82) is 0 Å². The molecule has 2 aromatic rings. The van der Waals surface area contributed by atoms with E-state index in [4.69, 9.17) is 0 Å². The molecule has 0 aliphatic rings. The molecule has 3 nitrogen and oxygen atoms in total. The van der Waals surface area contributed by atoms with E-state index in [0.717, 1.165) is 17.0 Å². The molecule has 0 saturated heterocycles. The zero-order valence-electron chi connectivity index (χ0n) is 9.38. The molecule has 1 N–H and O–H groups in total. The van der Waals surface area contributed by atoms with E-state index in [1.807, 2.05) is 12.1 Å². The first-order valence-electron chi connectivity index (χ1n) is 5.29. The first-order chi connectivity index (χ1) is 7.68. The molecule has 82 valence electrons. The Balaban J connectivity index is 2.39. The van der Waals surface area contributed by atoms with E-state index in [-0.39, 0.29) is 5.75 Å². The molecule has 0 unspecified atom stereocenters. The Bertz CT molecular complexity index is 478. The van der Waals surface area contributed by atoms with Crippen LogP contribution in [0.25, 0.3) is 11.1 Å². The Morgan fingerprint density at radius 2 is 1.69 bits per heavy atom. The minimum atomic E-state index is 0.253. The van der Waals surface area contributed by atoms with Gasteiger partial charge in [-0.1, -0.05) is 32.0 Å².